The SMILES string of the molecule is CCCn1ccnc(NCc2cnn(C)c2N)c1=O. The summed E-state index contributed by atoms with van der Waals surface area (Å²) in [7, 11) is 1.77. The number of hydrogen-bond acceptors (Lipinski definition) is 5. The summed E-state index contributed by atoms with van der Waals surface area (Å²) in [5.41, 5.74) is 6.56. The highest BCUT2D eigenvalue weighted by Gasteiger charge is 2.07. The zero-order valence-corrected chi connectivity index (χ0v) is 11.1. The Bertz CT molecular complexity index is 615. The first-order valence-corrected chi connectivity index (χ1v) is 6.19. The standard InChI is InChI=1S/C12H18N6O/c1-3-5-18-6-4-14-11(12(18)19)15-7-9-8-16-17(2)10(9)13/h4,6,8H,3,5,7,13H2,1-2H3,(H,14,15). The first kappa shape index (κ1) is 13.1. The van der Waals surface area contributed by atoms with E-state index in [2.05, 4.69) is 15.4 Å². The fourth-order valence-corrected chi connectivity index (χ4v) is 1.79. The summed E-state index contributed by atoms with van der Waals surface area (Å²) in [6, 6.07) is 0. The lowest BCUT2D eigenvalue weighted by Crippen LogP contribution is -2.24. The number of aryl methyl sites for hydroxylation is 2. The van der Waals surface area contributed by atoms with Crippen molar-refractivity contribution in [2.75, 3.05) is 11.1 Å². The minimum atomic E-state index is -0.119. The summed E-state index contributed by atoms with van der Waals surface area (Å²) in [5, 5.41) is 7.05. The predicted molar refractivity (Wildman–Crippen MR) is 73.7 cm³/mol. The Hall–Kier alpha value is -2.31. The molecule has 0 aliphatic rings. The molecule has 7 nitrogen and oxygen atoms in total. The number of nitrogens with two attached hydrogens (primary N) is 1. The molecule has 0 aliphatic carbocycles. The molecule has 102 valence electrons. The van der Waals surface area contributed by atoms with Crippen molar-refractivity contribution in [2.45, 2.75) is 26.4 Å². The smallest absolute Gasteiger partial charge is 0.293 e. The van der Waals surface area contributed by atoms with E-state index in [0.29, 0.717) is 24.7 Å². The van der Waals surface area contributed by atoms with E-state index in [1.54, 1.807) is 34.9 Å². The maximum atomic E-state index is 12.1. The van der Waals surface area contributed by atoms with Crippen molar-refractivity contribution >= 4 is 11.6 Å². The van der Waals surface area contributed by atoms with Crippen LogP contribution in [0.5, 0.6) is 0 Å². The van der Waals surface area contributed by atoms with Gasteiger partial charge >= 0.3 is 0 Å². The zero-order chi connectivity index (χ0) is 13.8. The van der Waals surface area contributed by atoms with Crippen LogP contribution in [0.4, 0.5) is 11.6 Å². The van der Waals surface area contributed by atoms with Gasteiger partial charge in [0.05, 0.1) is 6.20 Å². The summed E-state index contributed by atoms with van der Waals surface area (Å²) in [6.45, 7) is 3.14. The van der Waals surface area contributed by atoms with Crippen LogP contribution >= 0.6 is 0 Å². The molecule has 2 aromatic rings. The summed E-state index contributed by atoms with van der Waals surface area (Å²) < 4.78 is 3.23. The molecule has 2 rings (SSSR count). The summed E-state index contributed by atoms with van der Waals surface area (Å²) in [4.78, 5) is 16.1. The van der Waals surface area contributed by atoms with Crippen LogP contribution < -0.4 is 16.6 Å². The summed E-state index contributed by atoms with van der Waals surface area (Å²) in [5.74, 6) is 0.913. The number of nitrogen functional groups attached to an aromatic ring is 1. The van der Waals surface area contributed by atoms with E-state index in [-0.39, 0.29) is 5.56 Å². The van der Waals surface area contributed by atoms with Gasteiger partial charge in [-0.3, -0.25) is 9.48 Å². The average Bonchev–Trinajstić information content (AvgIpc) is 2.71. The lowest BCUT2D eigenvalue weighted by molar-refractivity contribution is 0.649. The van der Waals surface area contributed by atoms with Crippen molar-refractivity contribution in [2.24, 2.45) is 7.05 Å². The van der Waals surface area contributed by atoms with E-state index in [9.17, 15) is 4.79 Å². The number of nitrogens with one attached hydrogen (secondary N) is 1. The van der Waals surface area contributed by atoms with Gasteiger partial charge in [-0.15, -0.1) is 0 Å². The molecule has 3 N–H and O–H groups in total. The molecule has 7 heteroatoms. The molecule has 0 saturated heterocycles. The van der Waals surface area contributed by atoms with E-state index in [1.807, 2.05) is 6.92 Å². The highest BCUT2D eigenvalue weighted by atomic mass is 16.1. The lowest BCUT2D eigenvalue weighted by Gasteiger charge is -2.07. The predicted octanol–water partition coefficient (Wildman–Crippen LogP) is 0.581. The van der Waals surface area contributed by atoms with Gasteiger partial charge in [0.1, 0.15) is 5.82 Å². The van der Waals surface area contributed by atoms with Gasteiger partial charge in [0.25, 0.3) is 5.56 Å². The van der Waals surface area contributed by atoms with Crippen LogP contribution in [0.15, 0.2) is 23.4 Å². The van der Waals surface area contributed by atoms with Gasteiger partial charge in [0, 0.05) is 38.1 Å². The topological polar surface area (TPSA) is 90.8 Å². The van der Waals surface area contributed by atoms with Crippen molar-refractivity contribution in [3.8, 4) is 0 Å². The first-order valence-electron chi connectivity index (χ1n) is 6.19. The molecule has 0 bridgehead atoms. The molecule has 0 atom stereocenters. The van der Waals surface area contributed by atoms with Crippen LogP contribution in [0.25, 0.3) is 0 Å². The van der Waals surface area contributed by atoms with Crippen LogP contribution in [-0.2, 0) is 20.1 Å². The van der Waals surface area contributed by atoms with E-state index >= 15 is 0 Å². The van der Waals surface area contributed by atoms with Crippen LogP contribution in [-0.4, -0.2) is 19.3 Å². The van der Waals surface area contributed by atoms with Crippen LogP contribution in [0.1, 0.15) is 18.9 Å². The molecule has 0 amide bonds. The second kappa shape index (κ2) is 5.55. The van der Waals surface area contributed by atoms with Gasteiger partial charge in [-0.1, -0.05) is 6.92 Å². The van der Waals surface area contributed by atoms with E-state index in [0.717, 1.165) is 12.0 Å². The van der Waals surface area contributed by atoms with Gasteiger partial charge in [-0.05, 0) is 6.42 Å². The Labute approximate surface area is 111 Å². The summed E-state index contributed by atoms with van der Waals surface area (Å²) >= 11 is 0. The average molecular weight is 262 g/mol. The Morgan fingerprint density at radius 2 is 2.26 bits per heavy atom. The molecule has 19 heavy (non-hydrogen) atoms. The minimum absolute atomic E-state index is 0.119. The monoisotopic (exact) mass is 262 g/mol. The van der Waals surface area contributed by atoms with E-state index in [1.165, 1.54) is 0 Å². The molecule has 0 saturated carbocycles. The Morgan fingerprint density at radius 3 is 2.89 bits per heavy atom. The van der Waals surface area contributed by atoms with Crippen molar-refractivity contribution in [3.05, 3.63) is 34.5 Å². The lowest BCUT2D eigenvalue weighted by atomic mass is 10.3. The maximum Gasteiger partial charge on any atom is 0.293 e. The van der Waals surface area contributed by atoms with Crippen molar-refractivity contribution in [1.29, 1.82) is 0 Å². The van der Waals surface area contributed by atoms with Crippen molar-refractivity contribution in [3.63, 3.8) is 0 Å². The third-order valence-electron chi connectivity index (χ3n) is 2.89. The molecule has 2 heterocycles. The number of rotatable bonds is 5. The second-order valence-electron chi connectivity index (χ2n) is 4.31. The number of nitrogens with zero attached hydrogens (tertiary/aromatic N) is 4. The molecule has 2 aromatic heterocycles. The van der Waals surface area contributed by atoms with Gasteiger partial charge in [0.15, 0.2) is 5.82 Å². The second-order valence-corrected chi connectivity index (χ2v) is 4.31. The Kier molecular flexibility index (Phi) is 3.84. The first-order chi connectivity index (χ1) is 9.13. The van der Waals surface area contributed by atoms with Gasteiger partial charge in [-0.2, -0.15) is 5.10 Å². The molecule has 0 unspecified atom stereocenters. The number of anilines is 2. The number of aromatic nitrogens is 4. The highest BCUT2D eigenvalue weighted by molar-refractivity contribution is 5.42. The molecular weight excluding hydrogens is 244 g/mol. The van der Waals surface area contributed by atoms with Crippen LogP contribution in [0.2, 0.25) is 0 Å². The molecule has 0 fully saturated rings. The molecule has 0 spiro atoms. The molecular formula is C12H18N6O. The third kappa shape index (κ3) is 2.75. The van der Waals surface area contributed by atoms with Crippen molar-refractivity contribution in [1.82, 2.24) is 19.3 Å². The number of hydrogen-bond donors (Lipinski definition) is 2. The Morgan fingerprint density at radius 1 is 1.47 bits per heavy atom. The van der Waals surface area contributed by atoms with Gasteiger partial charge in [-0.25, -0.2) is 4.98 Å². The molecule has 0 aliphatic heterocycles. The Balaban J connectivity index is 2.14. The van der Waals surface area contributed by atoms with Crippen LogP contribution in [0, 0.1) is 0 Å². The highest BCUT2D eigenvalue weighted by Crippen LogP contribution is 2.10. The zero-order valence-electron chi connectivity index (χ0n) is 11.1. The quantitative estimate of drug-likeness (QED) is 0.822. The van der Waals surface area contributed by atoms with Crippen LogP contribution in [0.3, 0.4) is 0 Å². The van der Waals surface area contributed by atoms with E-state index < -0.39 is 0 Å². The normalized spacial score (nSPS) is 10.6. The van der Waals surface area contributed by atoms with Crippen molar-refractivity contribution < 1.29 is 0 Å². The fraction of sp³-hybridized carbons (Fsp3) is 0.417. The van der Waals surface area contributed by atoms with Gasteiger partial charge < -0.3 is 15.6 Å². The molecule has 0 radical (unpaired) electrons. The van der Waals surface area contributed by atoms with Gasteiger partial charge in [0.2, 0.25) is 0 Å². The van der Waals surface area contributed by atoms with E-state index in [4.69, 9.17) is 5.73 Å². The minimum Gasteiger partial charge on any atom is -0.384 e. The molecule has 0 aromatic carbocycles. The third-order valence-corrected chi connectivity index (χ3v) is 2.89. The fourth-order valence-electron chi connectivity index (χ4n) is 1.79. The maximum absolute atomic E-state index is 12.1. The summed E-state index contributed by atoms with van der Waals surface area (Å²) in [6.07, 6.45) is 5.89. The largest absolute Gasteiger partial charge is 0.384 e.